The third kappa shape index (κ3) is 5.00. The number of carboxylic acids is 1. The van der Waals surface area contributed by atoms with Gasteiger partial charge in [0, 0.05) is 26.7 Å². The molecule has 0 aromatic rings. The van der Waals surface area contributed by atoms with E-state index in [0.29, 0.717) is 5.92 Å². The van der Waals surface area contributed by atoms with Crippen LogP contribution >= 0.6 is 0 Å². The minimum Gasteiger partial charge on any atom is -0.481 e. The number of carbonyl (C=O) groups excluding carboxylic acids is 1. The van der Waals surface area contributed by atoms with Gasteiger partial charge in [-0.2, -0.15) is 0 Å². The number of hydrogen-bond acceptors (Lipinski definition) is 3. The zero-order valence-corrected chi connectivity index (χ0v) is 12.6. The van der Waals surface area contributed by atoms with Crippen LogP contribution in [0, 0.1) is 5.92 Å². The molecule has 0 radical (unpaired) electrons. The maximum atomic E-state index is 12.1. The molecule has 116 valence electrons. The molecule has 3 atom stereocenters. The second-order valence-electron chi connectivity index (χ2n) is 5.58. The van der Waals surface area contributed by atoms with Crippen molar-refractivity contribution in [2.75, 3.05) is 20.7 Å². The summed E-state index contributed by atoms with van der Waals surface area (Å²) in [5.41, 5.74) is 0. The summed E-state index contributed by atoms with van der Waals surface area (Å²) in [5.74, 6) is -0.419. The molecule has 6 nitrogen and oxygen atoms in total. The number of rotatable bonds is 6. The van der Waals surface area contributed by atoms with Gasteiger partial charge in [0.2, 0.25) is 0 Å². The molecule has 0 aliphatic heterocycles. The number of amides is 2. The molecule has 0 spiro atoms. The van der Waals surface area contributed by atoms with Crippen molar-refractivity contribution >= 4 is 12.0 Å². The summed E-state index contributed by atoms with van der Waals surface area (Å²) < 4.78 is 5.04. The fourth-order valence-electron chi connectivity index (χ4n) is 2.78. The maximum absolute atomic E-state index is 12.1. The lowest BCUT2D eigenvalue weighted by atomic mass is 9.85. The molecule has 0 aromatic heterocycles. The summed E-state index contributed by atoms with van der Waals surface area (Å²) in [6.07, 6.45) is 3.98. The second kappa shape index (κ2) is 8.09. The van der Waals surface area contributed by atoms with Gasteiger partial charge < -0.3 is 20.1 Å². The van der Waals surface area contributed by atoms with Gasteiger partial charge in [0.05, 0.1) is 12.5 Å². The maximum Gasteiger partial charge on any atom is 0.317 e. The molecule has 1 saturated carbocycles. The van der Waals surface area contributed by atoms with Crippen LogP contribution < -0.4 is 5.32 Å². The van der Waals surface area contributed by atoms with Crippen molar-refractivity contribution < 1.29 is 19.4 Å². The fraction of sp³-hybridized carbons (Fsp3) is 0.857. The van der Waals surface area contributed by atoms with Crippen molar-refractivity contribution in [3.63, 3.8) is 0 Å². The predicted molar refractivity (Wildman–Crippen MR) is 75.6 cm³/mol. The molecular weight excluding hydrogens is 260 g/mol. The number of methoxy groups -OCH3 is 1. The second-order valence-corrected chi connectivity index (χ2v) is 5.58. The molecule has 0 bridgehead atoms. The lowest BCUT2D eigenvalue weighted by Crippen LogP contribution is -2.49. The molecular formula is C14H26N2O4. The van der Waals surface area contributed by atoms with Gasteiger partial charge in [-0.1, -0.05) is 19.8 Å². The Kier molecular flexibility index (Phi) is 6.78. The van der Waals surface area contributed by atoms with Gasteiger partial charge in [0.1, 0.15) is 0 Å². The van der Waals surface area contributed by atoms with Gasteiger partial charge in [-0.05, 0) is 18.8 Å². The first-order chi connectivity index (χ1) is 9.45. The molecule has 6 heteroatoms. The quantitative estimate of drug-likeness (QED) is 0.779. The van der Waals surface area contributed by atoms with Gasteiger partial charge in [0.15, 0.2) is 0 Å². The zero-order chi connectivity index (χ0) is 15.1. The van der Waals surface area contributed by atoms with E-state index in [9.17, 15) is 9.59 Å². The number of hydrogen-bond donors (Lipinski definition) is 2. The highest BCUT2D eigenvalue weighted by Crippen LogP contribution is 2.27. The van der Waals surface area contributed by atoms with E-state index in [1.54, 1.807) is 11.9 Å². The molecule has 1 fully saturated rings. The number of carbonyl (C=O) groups is 2. The standard InChI is InChI=1S/C14H26N2O4/c1-10-6-4-5-7-12(10)16(2)14(19)15-9-11(20-3)8-13(17)18/h10-12H,4-9H2,1-3H3,(H,15,19)(H,17,18). The predicted octanol–water partition coefficient (Wildman–Crippen LogP) is 1.70. The Bertz CT molecular complexity index is 335. The van der Waals surface area contributed by atoms with Crippen LogP contribution in [0.3, 0.4) is 0 Å². The Balaban J connectivity index is 2.42. The summed E-state index contributed by atoms with van der Waals surface area (Å²) in [4.78, 5) is 24.5. The fourth-order valence-corrected chi connectivity index (χ4v) is 2.78. The van der Waals surface area contributed by atoms with Crippen LogP contribution in [0.1, 0.15) is 39.0 Å². The van der Waals surface area contributed by atoms with Crippen molar-refractivity contribution in [2.45, 2.75) is 51.2 Å². The van der Waals surface area contributed by atoms with Crippen molar-refractivity contribution in [3.05, 3.63) is 0 Å². The summed E-state index contributed by atoms with van der Waals surface area (Å²) >= 11 is 0. The minimum absolute atomic E-state index is 0.111. The first-order valence-corrected chi connectivity index (χ1v) is 7.21. The van der Waals surface area contributed by atoms with Crippen LogP contribution in [-0.4, -0.2) is 54.9 Å². The van der Waals surface area contributed by atoms with Crippen LogP contribution in [0.4, 0.5) is 4.79 Å². The van der Waals surface area contributed by atoms with E-state index in [4.69, 9.17) is 9.84 Å². The highest BCUT2D eigenvalue weighted by atomic mass is 16.5. The minimum atomic E-state index is -0.930. The molecule has 20 heavy (non-hydrogen) atoms. The summed E-state index contributed by atoms with van der Waals surface area (Å²) in [6, 6.07) is 0.111. The van der Waals surface area contributed by atoms with E-state index < -0.39 is 12.1 Å². The van der Waals surface area contributed by atoms with E-state index in [-0.39, 0.29) is 25.0 Å². The Morgan fingerprint density at radius 3 is 2.60 bits per heavy atom. The SMILES string of the molecule is COC(CNC(=O)N(C)C1CCCCC1C)CC(=O)O. The van der Waals surface area contributed by atoms with E-state index in [2.05, 4.69) is 12.2 Å². The molecule has 2 amide bonds. The smallest absolute Gasteiger partial charge is 0.317 e. The molecule has 2 N–H and O–H groups in total. The number of aliphatic carboxylic acids is 1. The van der Waals surface area contributed by atoms with Crippen LogP contribution in [0.2, 0.25) is 0 Å². The number of nitrogens with zero attached hydrogens (tertiary/aromatic N) is 1. The first kappa shape index (κ1) is 16.8. The number of ether oxygens (including phenoxy) is 1. The third-order valence-electron chi connectivity index (χ3n) is 4.10. The topological polar surface area (TPSA) is 78.9 Å². The highest BCUT2D eigenvalue weighted by Gasteiger charge is 2.28. The molecule has 1 aliphatic carbocycles. The van der Waals surface area contributed by atoms with Crippen molar-refractivity contribution in [3.8, 4) is 0 Å². The van der Waals surface area contributed by atoms with Gasteiger partial charge in [-0.15, -0.1) is 0 Å². The number of carboxylic acid groups (broad SMARTS) is 1. The summed E-state index contributed by atoms with van der Waals surface area (Å²) in [6.45, 7) is 2.39. The monoisotopic (exact) mass is 286 g/mol. The Morgan fingerprint density at radius 2 is 2.05 bits per heavy atom. The molecule has 1 aliphatic rings. The molecule has 0 aromatic carbocycles. The molecule has 0 heterocycles. The van der Waals surface area contributed by atoms with Crippen molar-refractivity contribution in [1.29, 1.82) is 0 Å². The highest BCUT2D eigenvalue weighted by molar-refractivity contribution is 5.74. The van der Waals surface area contributed by atoms with E-state index in [1.165, 1.54) is 13.5 Å². The van der Waals surface area contributed by atoms with Crippen molar-refractivity contribution in [2.24, 2.45) is 5.92 Å². The average molecular weight is 286 g/mol. The van der Waals surface area contributed by atoms with E-state index >= 15 is 0 Å². The van der Waals surface area contributed by atoms with Crippen LogP contribution in [0.25, 0.3) is 0 Å². The average Bonchev–Trinajstić information content (AvgIpc) is 2.42. The van der Waals surface area contributed by atoms with Gasteiger partial charge >= 0.3 is 12.0 Å². The van der Waals surface area contributed by atoms with Crippen LogP contribution in [-0.2, 0) is 9.53 Å². The lowest BCUT2D eigenvalue weighted by Gasteiger charge is -2.36. The molecule has 0 saturated heterocycles. The Hall–Kier alpha value is -1.30. The van der Waals surface area contributed by atoms with Crippen molar-refractivity contribution in [1.82, 2.24) is 10.2 Å². The van der Waals surface area contributed by atoms with Gasteiger partial charge in [-0.25, -0.2) is 4.79 Å². The number of urea groups is 1. The van der Waals surface area contributed by atoms with Crippen LogP contribution in [0.5, 0.6) is 0 Å². The summed E-state index contributed by atoms with van der Waals surface area (Å²) in [5, 5.41) is 11.5. The third-order valence-corrected chi connectivity index (χ3v) is 4.10. The van der Waals surface area contributed by atoms with E-state index in [1.807, 2.05) is 0 Å². The summed E-state index contributed by atoms with van der Waals surface area (Å²) in [7, 11) is 3.26. The number of nitrogens with one attached hydrogen (secondary N) is 1. The molecule has 3 unspecified atom stereocenters. The Morgan fingerprint density at radius 1 is 1.40 bits per heavy atom. The zero-order valence-electron chi connectivity index (χ0n) is 12.6. The van der Waals surface area contributed by atoms with Gasteiger partial charge in [0.25, 0.3) is 0 Å². The molecule has 1 rings (SSSR count). The Labute approximate surface area is 120 Å². The van der Waals surface area contributed by atoms with Gasteiger partial charge in [-0.3, -0.25) is 4.79 Å². The lowest BCUT2D eigenvalue weighted by molar-refractivity contribution is -0.139. The normalized spacial score (nSPS) is 23.9. The first-order valence-electron chi connectivity index (χ1n) is 7.21. The van der Waals surface area contributed by atoms with Crippen LogP contribution in [0.15, 0.2) is 0 Å². The largest absolute Gasteiger partial charge is 0.481 e. The van der Waals surface area contributed by atoms with E-state index in [0.717, 1.165) is 19.3 Å².